The number of H-pyrrole nitrogens is 1. The van der Waals surface area contributed by atoms with Crippen LogP contribution in [0.15, 0.2) is 21.6 Å². The standard InChI is InChI=1S/C11H11IN2OS/c1-2-3-8-9(12)11(15)14-10(13-8)7-4-5-16-6-7/h4-6H,2-3H2,1H3,(H,13,14,15). The first kappa shape index (κ1) is 11.8. The van der Waals surface area contributed by atoms with E-state index in [0.717, 1.165) is 24.1 Å². The summed E-state index contributed by atoms with van der Waals surface area (Å²) in [5, 5.41) is 3.97. The Morgan fingerprint density at radius 3 is 3.00 bits per heavy atom. The lowest BCUT2D eigenvalue weighted by atomic mass is 10.2. The maximum absolute atomic E-state index is 11.7. The molecular formula is C11H11IN2OS. The molecule has 0 atom stereocenters. The predicted molar refractivity (Wildman–Crippen MR) is 74.9 cm³/mol. The largest absolute Gasteiger partial charge is 0.306 e. The molecule has 0 unspecified atom stereocenters. The molecule has 1 N–H and O–H groups in total. The third-order valence-corrected chi connectivity index (χ3v) is 4.01. The van der Waals surface area contributed by atoms with Crippen LogP contribution in [-0.4, -0.2) is 9.97 Å². The van der Waals surface area contributed by atoms with Crippen LogP contribution in [0.4, 0.5) is 0 Å². The maximum Gasteiger partial charge on any atom is 0.264 e. The lowest BCUT2D eigenvalue weighted by molar-refractivity contribution is 0.860. The summed E-state index contributed by atoms with van der Waals surface area (Å²) in [5.74, 6) is 0.676. The summed E-state index contributed by atoms with van der Waals surface area (Å²) < 4.78 is 0.707. The van der Waals surface area contributed by atoms with Crippen molar-refractivity contribution < 1.29 is 0 Å². The molecule has 0 fully saturated rings. The maximum atomic E-state index is 11.7. The van der Waals surface area contributed by atoms with Crippen molar-refractivity contribution in [3.05, 3.63) is 36.4 Å². The highest BCUT2D eigenvalue weighted by Gasteiger charge is 2.09. The van der Waals surface area contributed by atoms with Crippen LogP contribution >= 0.6 is 33.9 Å². The second-order valence-corrected chi connectivity index (χ2v) is 5.30. The van der Waals surface area contributed by atoms with Gasteiger partial charge in [-0.15, -0.1) is 0 Å². The van der Waals surface area contributed by atoms with Crippen LogP contribution in [0.25, 0.3) is 11.4 Å². The number of hydrogen-bond donors (Lipinski definition) is 1. The van der Waals surface area contributed by atoms with Crippen LogP contribution in [0.1, 0.15) is 19.0 Å². The van der Waals surface area contributed by atoms with Crippen molar-refractivity contribution >= 4 is 33.9 Å². The smallest absolute Gasteiger partial charge is 0.264 e. The quantitative estimate of drug-likeness (QED) is 0.869. The monoisotopic (exact) mass is 346 g/mol. The van der Waals surface area contributed by atoms with E-state index in [9.17, 15) is 4.79 Å². The summed E-state index contributed by atoms with van der Waals surface area (Å²) >= 11 is 3.66. The minimum absolute atomic E-state index is 0.0414. The number of aromatic amines is 1. The van der Waals surface area contributed by atoms with E-state index >= 15 is 0 Å². The molecule has 0 amide bonds. The number of rotatable bonds is 3. The first-order chi connectivity index (χ1) is 7.72. The van der Waals surface area contributed by atoms with Gasteiger partial charge in [-0.2, -0.15) is 11.3 Å². The van der Waals surface area contributed by atoms with Gasteiger partial charge in [-0.3, -0.25) is 4.79 Å². The van der Waals surface area contributed by atoms with Crippen LogP contribution in [-0.2, 0) is 6.42 Å². The summed E-state index contributed by atoms with van der Waals surface area (Å²) in [7, 11) is 0. The molecular weight excluding hydrogens is 335 g/mol. The highest BCUT2D eigenvalue weighted by atomic mass is 127. The Balaban J connectivity index is 2.53. The molecule has 84 valence electrons. The molecule has 0 bridgehead atoms. The van der Waals surface area contributed by atoms with Crippen molar-refractivity contribution in [2.75, 3.05) is 0 Å². The Labute approximate surface area is 111 Å². The lowest BCUT2D eigenvalue weighted by Gasteiger charge is -2.04. The van der Waals surface area contributed by atoms with Gasteiger partial charge in [0.25, 0.3) is 5.56 Å². The van der Waals surface area contributed by atoms with Crippen LogP contribution in [0.5, 0.6) is 0 Å². The Hall–Kier alpha value is -0.690. The Bertz CT molecular complexity index is 533. The zero-order valence-electron chi connectivity index (χ0n) is 8.79. The molecule has 0 saturated carbocycles. The zero-order chi connectivity index (χ0) is 11.5. The predicted octanol–water partition coefficient (Wildman–Crippen LogP) is 3.06. The molecule has 16 heavy (non-hydrogen) atoms. The molecule has 5 heteroatoms. The van der Waals surface area contributed by atoms with Crippen molar-refractivity contribution in [3.8, 4) is 11.4 Å². The van der Waals surface area contributed by atoms with E-state index in [4.69, 9.17) is 0 Å². The number of nitrogens with zero attached hydrogens (tertiary/aromatic N) is 1. The van der Waals surface area contributed by atoms with E-state index in [1.165, 1.54) is 0 Å². The van der Waals surface area contributed by atoms with E-state index in [2.05, 4.69) is 39.5 Å². The van der Waals surface area contributed by atoms with Gasteiger partial charge >= 0.3 is 0 Å². The minimum Gasteiger partial charge on any atom is -0.306 e. The molecule has 0 aliphatic heterocycles. The second-order valence-electron chi connectivity index (χ2n) is 3.44. The van der Waals surface area contributed by atoms with Crippen LogP contribution in [0.2, 0.25) is 0 Å². The van der Waals surface area contributed by atoms with Crippen molar-refractivity contribution in [3.63, 3.8) is 0 Å². The van der Waals surface area contributed by atoms with Gasteiger partial charge in [0.05, 0.1) is 9.26 Å². The molecule has 2 aromatic heterocycles. The van der Waals surface area contributed by atoms with Crippen molar-refractivity contribution in [1.29, 1.82) is 0 Å². The normalized spacial score (nSPS) is 10.6. The number of hydrogen-bond acceptors (Lipinski definition) is 3. The first-order valence-electron chi connectivity index (χ1n) is 5.03. The SMILES string of the molecule is CCCc1nc(-c2ccsc2)[nH]c(=O)c1I. The van der Waals surface area contributed by atoms with Crippen molar-refractivity contribution in [1.82, 2.24) is 9.97 Å². The number of aromatic nitrogens is 2. The van der Waals surface area contributed by atoms with Crippen LogP contribution in [0, 0.1) is 3.57 Å². The average Bonchev–Trinajstić information content (AvgIpc) is 2.78. The fraction of sp³-hybridized carbons (Fsp3) is 0.273. The number of nitrogens with one attached hydrogen (secondary N) is 1. The Morgan fingerprint density at radius 2 is 2.38 bits per heavy atom. The number of halogens is 1. The molecule has 0 radical (unpaired) electrons. The molecule has 0 spiro atoms. The van der Waals surface area contributed by atoms with E-state index < -0.39 is 0 Å². The van der Waals surface area contributed by atoms with E-state index in [1.54, 1.807) is 11.3 Å². The Morgan fingerprint density at radius 1 is 1.56 bits per heavy atom. The molecule has 0 aliphatic rings. The van der Waals surface area contributed by atoms with Gasteiger partial charge in [-0.1, -0.05) is 13.3 Å². The third-order valence-electron chi connectivity index (χ3n) is 2.21. The summed E-state index contributed by atoms with van der Waals surface area (Å²) in [6.45, 7) is 2.09. The highest BCUT2D eigenvalue weighted by molar-refractivity contribution is 14.1. The number of aryl methyl sites for hydroxylation is 1. The van der Waals surface area contributed by atoms with Gasteiger partial charge in [-0.05, 0) is 40.5 Å². The van der Waals surface area contributed by atoms with E-state index in [1.807, 2.05) is 16.8 Å². The topological polar surface area (TPSA) is 45.8 Å². The summed E-state index contributed by atoms with van der Waals surface area (Å²) in [6.07, 6.45) is 1.84. The van der Waals surface area contributed by atoms with Gasteiger partial charge < -0.3 is 4.98 Å². The molecule has 3 nitrogen and oxygen atoms in total. The summed E-state index contributed by atoms with van der Waals surface area (Å²) in [6, 6.07) is 1.96. The molecule has 0 aromatic carbocycles. The van der Waals surface area contributed by atoms with Gasteiger partial charge in [0, 0.05) is 10.9 Å². The summed E-state index contributed by atoms with van der Waals surface area (Å²) in [4.78, 5) is 19.0. The molecule has 2 heterocycles. The van der Waals surface area contributed by atoms with Gasteiger partial charge in [-0.25, -0.2) is 4.98 Å². The molecule has 2 aromatic rings. The van der Waals surface area contributed by atoms with Crippen molar-refractivity contribution in [2.45, 2.75) is 19.8 Å². The van der Waals surface area contributed by atoms with Crippen LogP contribution in [0.3, 0.4) is 0 Å². The minimum atomic E-state index is -0.0414. The van der Waals surface area contributed by atoms with Crippen LogP contribution < -0.4 is 5.56 Å². The molecule has 0 aliphatic carbocycles. The van der Waals surface area contributed by atoms with Gasteiger partial charge in [0.1, 0.15) is 5.82 Å². The zero-order valence-corrected chi connectivity index (χ0v) is 11.8. The molecule has 0 saturated heterocycles. The second kappa shape index (κ2) is 5.09. The lowest BCUT2D eigenvalue weighted by Crippen LogP contribution is -2.16. The summed E-state index contributed by atoms with van der Waals surface area (Å²) in [5.41, 5.74) is 1.84. The average molecular weight is 346 g/mol. The van der Waals surface area contributed by atoms with Gasteiger partial charge in [0.15, 0.2) is 0 Å². The van der Waals surface area contributed by atoms with Gasteiger partial charge in [0.2, 0.25) is 0 Å². The Kier molecular flexibility index (Phi) is 3.75. The van der Waals surface area contributed by atoms with E-state index in [-0.39, 0.29) is 5.56 Å². The van der Waals surface area contributed by atoms with Crippen molar-refractivity contribution in [2.24, 2.45) is 0 Å². The first-order valence-corrected chi connectivity index (χ1v) is 7.05. The fourth-order valence-corrected chi connectivity index (χ4v) is 2.61. The fourth-order valence-electron chi connectivity index (χ4n) is 1.44. The van der Waals surface area contributed by atoms with E-state index in [0.29, 0.717) is 9.39 Å². The third kappa shape index (κ3) is 2.35. The highest BCUT2D eigenvalue weighted by Crippen LogP contribution is 2.18. The molecule has 2 rings (SSSR count). The number of thiophene rings is 1.